The van der Waals surface area contributed by atoms with Crippen molar-refractivity contribution in [1.82, 2.24) is 5.32 Å². The summed E-state index contributed by atoms with van der Waals surface area (Å²) in [4.78, 5) is 13.5. The molecule has 0 aromatic heterocycles. The molecule has 0 spiro atoms. The van der Waals surface area contributed by atoms with Crippen LogP contribution in [0.25, 0.3) is 0 Å². The van der Waals surface area contributed by atoms with E-state index < -0.39 is 0 Å². The van der Waals surface area contributed by atoms with Gasteiger partial charge in [0.1, 0.15) is 13.2 Å². The number of thioether (sulfide) groups is 1. The zero-order valence-corrected chi connectivity index (χ0v) is 15.1. The summed E-state index contributed by atoms with van der Waals surface area (Å²) in [6, 6.07) is 9.53. The van der Waals surface area contributed by atoms with Crippen molar-refractivity contribution in [2.75, 3.05) is 19.5 Å². The fourth-order valence-corrected chi connectivity index (χ4v) is 3.24. The molecule has 2 aromatic rings. The van der Waals surface area contributed by atoms with Gasteiger partial charge in [-0.05, 0) is 48.6 Å². The van der Waals surface area contributed by atoms with Gasteiger partial charge < -0.3 is 14.8 Å². The summed E-state index contributed by atoms with van der Waals surface area (Å²) in [6.07, 6.45) is 1.99. The number of benzene rings is 2. The molecule has 0 aliphatic carbocycles. The fraction of sp³-hybridized carbons (Fsp3) is 0.278. The Morgan fingerprint density at radius 2 is 2.04 bits per heavy atom. The van der Waals surface area contributed by atoms with E-state index in [1.54, 1.807) is 17.8 Å². The van der Waals surface area contributed by atoms with Crippen molar-refractivity contribution in [3.63, 3.8) is 0 Å². The molecule has 1 heterocycles. The number of aryl methyl sites for hydroxylation is 1. The molecule has 0 saturated carbocycles. The largest absolute Gasteiger partial charge is 0.486 e. The normalized spacial score (nSPS) is 12.8. The van der Waals surface area contributed by atoms with Gasteiger partial charge in [0, 0.05) is 17.0 Å². The third-order valence-electron chi connectivity index (χ3n) is 3.80. The summed E-state index contributed by atoms with van der Waals surface area (Å²) in [7, 11) is 0. The minimum Gasteiger partial charge on any atom is -0.486 e. The topological polar surface area (TPSA) is 47.6 Å². The maximum Gasteiger partial charge on any atom is 0.251 e. The molecule has 3 rings (SSSR count). The van der Waals surface area contributed by atoms with Crippen LogP contribution in [0.1, 0.15) is 21.5 Å². The lowest BCUT2D eigenvalue weighted by Gasteiger charge is -2.20. The van der Waals surface area contributed by atoms with Crippen molar-refractivity contribution in [1.29, 1.82) is 0 Å². The first-order valence-corrected chi connectivity index (χ1v) is 9.19. The van der Waals surface area contributed by atoms with Gasteiger partial charge in [-0.3, -0.25) is 4.79 Å². The molecule has 1 amide bonds. The van der Waals surface area contributed by atoms with Crippen LogP contribution in [0.2, 0.25) is 5.02 Å². The summed E-state index contributed by atoms with van der Waals surface area (Å²) < 4.78 is 11.1. The molecule has 1 aliphatic heterocycles. The molecule has 0 fully saturated rings. The van der Waals surface area contributed by atoms with Crippen molar-refractivity contribution >= 4 is 29.3 Å². The van der Waals surface area contributed by atoms with Gasteiger partial charge in [0.05, 0.1) is 5.02 Å². The molecule has 1 N–H and O–H groups in total. The first-order valence-electron chi connectivity index (χ1n) is 7.59. The first-order chi connectivity index (χ1) is 11.6. The van der Waals surface area contributed by atoms with Crippen LogP contribution < -0.4 is 14.8 Å². The third kappa shape index (κ3) is 3.62. The van der Waals surface area contributed by atoms with E-state index in [0.29, 0.717) is 41.8 Å². The predicted octanol–water partition coefficient (Wildman–Crippen LogP) is 4.07. The smallest absolute Gasteiger partial charge is 0.251 e. The highest BCUT2D eigenvalue weighted by Crippen LogP contribution is 2.38. The molecular weight excluding hydrogens is 346 g/mol. The number of fused-ring (bicyclic) bond motifs is 1. The number of carbonyl (C=O) groups is 1. The number of carbonyl (C=O) groups excluding carboxylic acids is 1. The molecular formula is C18H18ClNO3S. The monoisotopic (exact) mass is 363 g/mol. The number of rotatable bonds is 4. The van der Waals surface area contributed by atoms with Crippen molar-refractivity contribution in [3.05, 3.63) is 52.0 Å². The first kappa shape index (κ1) is 17.0. The summed E-state index contributed by atoms with van der Waals surface area (Å²) in [5, 5.41) is 3.44. The van der Waals surface area contributed by atoms with E-state index in [-0.39, 0.29) is 5.91 Å². The standard InChI is InChI=1S/C18H18ClNO3S/c1-11-3-4-13(24-2)9-14(11)18(21)20-10-12-7-15(19)17-16(8-12)22-5-6-23-17/h3-4,7-9H,5-6,10H2,1-2H3,(H,20,21). The van der Waals surface area contributed by atoms with Crippen LogP contribution in [0.5, 0.6) is 11.5 Å². The Balaban J connectivity index is 1.74. The van der Waals surface area contributed by atoms with Crippen LogP contribution in [-0.4, -0.2) is 25.4 Å². The van der Waals surface area contributed by atoms with Gasteiger partial charge in [-0.15, -0.1) is 11.8 Å². The lowest BCUT2D eigenvalue weighted by Crippen LogP contribution is -2.24. The molecule has 1 aliphatic rings. The molecule has 0 atom stereocenters. The zero-order chi connectivity index (χ0) is 17.1. The highest BCUT2D eigenvalue weighted by atomic mass is 35.5. The number of nitrogens with one attached hydrogen (secondary N) is 1. The summed E-state index contributed by atoms with van der Waals surface area (Å²) >= 11 is 7.84. The van der Waals surface area contributed by atoms with Crippen molar-refractivity contribution in [3.8, 4) is 11.5 Å². The number of amides is 1. The average molecular weight is 364 g/mol. The van der Waals surface area contributed by atoms with Gasteiger partial charge in [-0.25, -0.2) is 0 Å². The van der Waals surface area contributed by atoms with Gasteiger partial charge >= 0.3 is 0 Å². The van der Waals surface area contributed by atoms with Gasteiger partial charge in [-0.1, -0.05) is 17.7 Å². The Kier molecular flexibility index (Phi) is 5.21. The average Bonchev–Trinajstić information content (AvgIpc) is 2.60. The molecule has 0 unspecified atom stereocenters. The predicted molar refractivity (Wildman–Crippen MR) is 96.6 cm³/mol. The van der Waals surface area contributed by atoms with E-state index in [1.165, 1.54) is 0 Å². The van der Waals surface area contributed by atoms with E-state index in [0.717, 1.165) is 16.0 Å². The van der Waals surface area contributed by atoms with E-state index in [9.17, 15) is 4.79 Å². The zero-order valence-electron chi connectivity index (χ0n) is 13.5. The van der Waals surface area contributed by atoms with Crippen LogP contribution in [-0.2, 0) is 6.54 Å². The van der Waals surface area contributed by atoms with Crippen LogP contribution in [0.3, 0.4) is 0 Å². The van der Waals surface area contributed by atoms with Gasteiger partial charge in [0.2, 0.25) is 0 Å². The van der Waals surface area contributed by atoms with Crippen molar-refractivity contribution in [2.45, 2.75) is 18.4 Å². The van der Waals surface area contributed by atoms with Gasteiger partial charge in [0.25, 0.3) is 5.91 Å². The Hall–Kier alpha value is -1.85. The fourth-order valence-electron chi connectivity index (χ4n) is 2.52. The van der Waals surface area contributed by atoms with Crippen molar-refractivity contribution in [2.24, 2.45) is 0 Å². The van der Waals surface area contributed by atoms with E-state index in [4.69, 9.17) is 21.1 Å². The van der Waals surface area contributed by atoms with Crippen LogP contribution in [0, 0.1) is 6.92 Å². The van der Waals surface area contributed by atoms with Crippen LogP contribution >= 0.6 is 23.4 Å². The molecule has 0 saturated heterocycles. The lowest BCUT2D eigenvalue weighted by atomic mass is 10.1. The molecule has 126 valence electrons. The maximum atomic E-state index is 12.5. The number of hydrogen-bond acceptors (Lipinski definition) is 4. The highest BCUT2D eigenvalue weighted by Gasteiger charge is 2.17. The molecule has 6 heteroatoms. The maximum absolute atomic E-state index is 12.5. The highest BCUT2D eigenvalue weighted by molar-refractivity contribution is 7.98. The number of halogens is 1. The number of ether oxygens (including phenoxy) is 2. The Labute approximate surface area is 150 Å². The lowest BCUT2D eigenvalue weighted by molar-refractivity contribution is 0.0950. The van der Waals surface area contributed by atoms with Gasteiger partial charge in [0.15, 0.2) is 11.5 Å². The molecule has 24 heavy (non-hydrogen) atoms. The summed E-state index contributed by atoms with van der Waals surface area (Å²) in [6.45, 7) is 3.30. The van der Waals surface area contributed by atoms with Crippen LogP contribution in [0.4, 0.5) is 0 Å². The molecule has 4 nitrogen and oxygen atoms in total. The molecule has 0 radical (unpaired) electrons. The van der Waals surface area contributed by atoms with Gasteiger partial charge in [-0.2, -0.15) is 0 Å². The second-order valence-electron chi connectivity index (χ2n) is 5.47. The molecule has 2 aromatic carbocycles. The van der Waals surface area contributed by atoms with E-state index in [1.807, 2.05) is 37.4 Å². The SMILES string of the molecule is CSc1ccc(C)c(C(=O)NCc2cc(Cl)c3c(c2)OCCO3)c1. The minimum atomic E-state index is -0.102. The van der Waals surface area contributed by atoms with Crippen molar-refractivity contribution < 1.29 is 14.3 Å². The summed E-state index contributed by atoms with van der Waals surface area (Å²) in [5.74, 6) is 1.09. The Morgan fingerprint density at radius 1 is 1.25 bits per heavy atom. The molecule has 0 bridgehead atoms. The third-order valence-corrected chi connectivity index (χ3v) is 4.81. The second kappa shape index (κ2) is 7.36. The van der Waals surface area contributed by atoms with Crippen LogP contribution in [0.15, 0.2) is 35.2 Å². The quantitative estimate of drug-likeness (QED) is 0.832. The number of hydrogen-bond donors (Lipinski definition) is 1. The summed E-state index contributed by atoms with van der Waals surface area (Å²) in [5.41, 5.74) is 2.51. The Bertz CT molecular complexity index is 779. The second-order valence-corrected chi connectivity index (χ2v) is 6.75. The Morgan fingerprint density at radius 3 is 2.83 bits per heavy atom. The van der Waals surface area contributed by atoms with E-state index in [2.05, 4.69) is 5.32 Å². The van der Waals surface area contributed by atoms with E-state index >= 15 is 0 Å². The minimum absolute atomic E-state index is 0.102.